The second-order valence-electron chi connectivity index (χ2n) is 3.91. The first-order chi connectivity index (χ1) is 5.86. The Morgan fingerprint density at radius 2 is 2.08 bits per heavy atom. The maximum absolute atomic E-state index is 5.43. The highest BCUT2D eigenvalue weighted by Gasteiger charge is 2.24. The molecule has 0 aromatic heterocycles. The monoisotopic (exact) mass is 170 g/mol. The van der Waals surface area contributed by atoms with E-state index in [0.717, 1.165) is 12.5 Å². The van der Waals surface area contributed by atoms with Gasteiger partial charge in [-0.1, -0.05) is 13.3 Å². The number of nitrogens with two attached hydrogens (primary N) is 1. The summed E-state index contributed by atoms with van der Waals surface area (Å²) in [5, 5.41) is 0. The fraction of sp³-hybridized carbons (Fsp3) is 1.00. The van der Waals surface area contributed by atoms with Gasteiger partial charge in [0, 0.05) is 13.1 Å². The molecule has 2 nitrogen and oxygen atoms in total. The van der Waals surface area contributed by atoms with Crippen LogP contribution in [0.3, 0.4) is 0 Å². The van der Waals surface area contributed by atoms with E-state index in [1.54, 1.807) is 0 Å². The van der Waals surface area contributed by atoms with Crippen LogP contribution in [0.2, 0.25) is 0 Å². The average molecular weight is 170 g/mol. The highest BCUT2D eigenvalue weighted by atomic mass is 15.2. The summed E-state index contributed by atoms with van der Waals surface area (Å²) in [5.74, 6) is 1.01. The molecule has 0 aliphatic carbocycles. The third kappa shape index (κ3) is 3.11. The molecule has 12 heavy (non-hydrogen) atoms. The van der Waals surface area contributed by atoms with Crippen molar-refractivity contribution in [3.05, 3.63) is 0 Å². The maximum Gasteiger partial charge on any atom is 0.00220 e. The van der Waals surface area contributed by atoms with Crippen LogP contribution in [0.4, 0.5) is 0 Å². The molecule has 0 bridgehead atoms. The first kappa shape index (κ1) is 10.0. The van der Waals surface area contributed by atoms with E-state index in [4.69, 9.17) is 5.73 Å². The molecule has 0 aromatic rings. The van der Waals surface area contributed by atoms with Gasteiger partial charge in [-0.15, -0.1) is 0 Å². The fourth-order valence-electron chi connectivity index (χ4n) is 1.93. The van der Waals surface area contributed by atoms with Crippen molar-refractivity contribution < 1.29 is 0 Å². The van der Waals surface area contributed by atoms with Crippen molar-refractivity contribution in [2.45, 2.75) is 32.6 Å². The average Bonchev–Trinajstić information content (AvgIpc) is 2.00. The molecule has 2 heteroatoms. The standard InChI is InChI=1S/C10H22N2/c1-2-5-10-8-12(9-10)7-4-3-6-11/h10H,2-9,11H2,1H3. The minimum atomic E-state index is 0.853. The first-order valence-corrected chi connectivity index (χ1v) is 5.29. The summed E-state index contributed by atoms with van der Waals surface area (Å²) < 4.78 is 0. The van der Waals surface area contributed by atoms with E-state index in [1.165, 1.54) is 45.3 Å². The van der Waals surface area contributed by atoms with Gasteiger partial charge in [0.25, 0.3) is 0 Å². The zero-order valence-corrected chi connectivity index (χ0v) is 8.26. The third-order valence-electron chi connectivity index (χ3n) is 2.66. The van der Waals surface area contributed by atoms with Gasteiger partial charge in [-0.05, 0) is 38.3 Å². The lowest BCUT2D eigenvalue weighted by molar-refractivity contribution is 0.0922. The molecular formula is C10H22N2. The highest BCUT2D eigenvalue weighted by Crippen LogP contribution is 2.20. The molecule has 1 aliphatic heterocycles. The Labute approximate surface area is 76.1 Å². The van der Waals surface area contributed by atoms with E-state index in [2.05, 4.69) is 11.8 Å². The maximum atomic E-state index is 5.43. The molecule has 0 unspecified atom stereocenters. The SMILES string of the molecule is CCCC1CN(CCCCN)C1. The van der Waals surface area contributed by atoms with Crippen molar-refractivity contribution >= 4 is 0 Å². The Balaban J connectivity index is 1.88. The van der Waals surface area contributed by atoms with Gasteiger partial charge in [-0.25, -0.2) is 0 Å². The zero-order valence-electron chi connectivity index (χ0n) is 8.26. The van der Waals surface area contributed by atoms with Crippen molar-refractivity contribution in [3.8, 4) is 0 Å². The molecule has 0 spiro atoms. The van der Waals surface area contributed by atoms with Gasteiger partial charge in [0.2, 0.25) is 0 Å². The van der Waals surface area contributed by atoms with Crippen LogP contribution in [-0.4, -0.2) is 31.1 Å². The van der Waals surface area contributed by atoms with E-state index in [1.807, 2.05) is 0 Å². The van der Waals surface area contributed by atoms with Crippen molar-refractivity contribution in [1.29, 1.82) is 0 Å². The summed E-state index contributed by atoms with van der Waals surface area (Å²) in [7, 11) is 0. The first-order valence-electron chi connectivity index (χ1n) is 5.29. The Morgan fingerprint density at radius 3 is 2.67 bits per heavy atom. The number of rotatable bonds is 6. The Kier molecular flexibility index (Phi) is 4.62. The third-order valence-corrected chi connectivity index (χ3v) is 2.66. The summed E-state index contributed by atoms with van der Waals surface area (Å²) in [5.41, 5.74) is 5.43. The number of unbranched alkanes of at least 4 members (excludes halogenated alkanes) is 1. The Hall–Kier alpha value is -0.0800. The highest BCUT2D eigenvalue weighted by molar-refractivity contribution is 4.78. The zero-order chi connectivity index (χ0) is 8.81. The molecule has 72 valence electrons. The van der Waals surface area contributed by atoms with Crippen LogP contribution in [-0.2, 0) is 0 Å². The van der Waals surface area contributed by atoms with E-state index >= 15 is 0 Å². The predicted octanol–water partition coefficient (Wildman–Crippen LogP) is 1.46. The largest absolute Gasteiger partial charge is 0.330 e. The number of likely N-dealkylation sites (tertiary alicyclic amines) is 1. The quantitative estimate of drug-likeness (QED) is 0.611. The van der Waals surface area contributed by atoms with Crippen LogP contribution in [0, 0.1) is 5.92 Å². The topological polar surface area (TPSA) is 29.3 Å². The summed E-state index contributed by atoms with van der Waals surface area (Å²) in [6, 6.07) is 0. The van der Waals surface area contributed by atoms with E-state index in [0.29, 0.717) is 0 Å². The molecule has 0 atom stereocenters. The van der Waals surface area contributed by atoms with Crippen LogP contribution in [0.5, 0.6) is 0 Å². The van der Waals surface area contributed by atoms with Crippen LogP contribution in [0.25, 0.3) is 0 Å². The van der Waals surface area contributed by atoms with Gasteiger partial charge in [0.15, 0.2) is 0 Å². The molecule has 1 heterocycles. The van der Waals surface area contributed by atoms with Crippen molar-refractivity contribution in [1.82, 2.24) is 4.90 Å². The van der Waals surface area contributed by atoms with E-state index in [-0.39, 0.29) is 0 Å². The van der Waals surface area contributed by atoms with Crippen molar-refractivity contribution in [2.75, 3.05) is 26.2 Å². The fourth-order valence-corrected chi connectivity index (χ4v) is 1.93. The molecule has 0 saturated carbocycles. The molecule has 0 radical (unpaired) electrons. The number of hydrogen-bond donors (Lipinski definition) is 1. The van der Waals surface area contributed by atoms with Crippen LogP contribution >= 0.6 is 0 Å². The molecular weight excluding hydrogens is 148 g/mol. The van der Waals surface area contributed by atoms with Gasteiger partial charge < -0.3 is 10.6 Å². The van der Waals surface area contributed by atoms with E-state index in [9.17, 15) is 0 Å². The van der Waals surface area contributed by atoms with Crippen molar-refractivity contribution in [2.24, 2.45) is 11.7 Å². The lowest BCUT2D eigenvalue weighted by Gasteiger charge is -2.39. The Bertz CT molecular complexity index is 106. The molecule has 1 aliphatic rings. The molecule has 1 rings (SSSR count). The molecule has 1 fully saturated rings. The second kappa shape index (κ2) is 5.55. The van der Waals surface area contributed by atoms with Gasteiger partial charge in [0.1, 0.15) is 0 Å². The Morgan fingerprint density at radius 1 is 1.33 bits per heavy atom. The van der Waals surface area contributed by atoms with Crippen LogP contribution < -0.4 is 5.73 Å². The minimum absolute atomic E-state index is 0.853. The van der Waals surface area contributed by atoms with E-state index < -0.39 is 0 Å². The number of nitrogens with zero attached hydrogens (tertiary/aromatic N) is 1. The van der Waals surface area contributed by atoms with Crippen LogP contribution in [0.1, 0.15) is 32.6 Å². The smallest absolute Gasteiger partial charge is 0.00220 e. The van der Waals surface area contributed by atoms with Crippen molar-refractivity contribution in [3.63, 3.8) is 0 Å². The lowest BCUT2D eigenvalue weighted by Crippen LogP contribution is -2.46. The number of hydrogen-bond acceptors (Lipinski definition) is 2. The minimum Gasteiger partial charge on any atom is -0.330 e. The second-order valence-corrected chi connectivity index (χ2v) is 3.91. The summed E-state index contributed by atoms with van der Waals surface area (Å²) in [4.78, 5) is 2.55. The van der Waals surface area contributed by atoms with Gasteiger partial charge in [-0.3, -0.25) is 0 Å². The normalized spacial score (nSPS) is 19.5. The van der Waals surface area contributed by atoms with Gasteiger partial charge >= 0.3 is 0 Å². The molecule has 2 N–H and O–H groups in total. The molecule has 0 amide bonds. The predicted molar refractivity (Wildman–Crippen MR) is 53.1 cm³/mol. The molecule has 1 saturated heterocycles. The summed E-state index contributed by atoms with van der Waals surface area (Å²) in [6.07, 6.45) is 5.25. The molecule has 0 aromatic carbocycles. The summed E-state index contributed by atoms with van der Waals surface area (Å²) in [6.45, 7) is 7.09. The van der Waals surface area contributed by atoms with Gasteiger partial charge in [0.05, 0.1) is 0 Å². The lowest BCUT2D eigenvalue weighted by atomic mass is 9.95. The summed E-state index contributed by atoms with van der Waals surface area (Å²) >= 11 is 0. The van der Waals surface area contributed by atoms with Gasteiger partial charge in [-0.2, -0.15) is 0 Å². The van der Waals surface area contributed by atoms with Crippen LogP contribution in [0.15, 0.2) is 0 Å².